The second kappa shape index (κ2) is 5.93. The SMILES string of the molecule is CCC1OCCC1CNC(=O)c1c(O)cccc1O. The number of amides is 1. The predicted octanol–water partition coefficient (Wildman–Crippen LogP) is 1.64. The normalized spacial score (nSPS) is 22.4. The van der Waals surface area contributed by atoms with Gasteiger partial charge in [-0.1, -0.05) is 13.0 Å². The van der Waals surface area contributed by atoms with Gasteiger partial charge < -0.3 is 20.3 Å². The van der Waals surface area contributed by atoms with Crippen LogP contribution in [0.1, 0.15) is 30.1 Å². The number of aromatic hydroxyl groups is 2. The number of rotatable bonds is 4. The number of ether oxygens (including phenoxy) is 1. The molecular formula is C14H19NO4. The van der Waals surface area contributed by atoms with Gasteiger partial charge in [0.1, 0.15) is 17.1 Å². The molecule has 2 atom stereocenters. The Balaban J connectivity index is 1.98. The van der Waals surface area contributed by atoms with Crippen LogP contribution in [0.25, 0.3) is 0 Å². The molecule has 1 amide bonds. The zero-order valence-electron chi connectivity index (χ0n) is 10.9. The van der Waals surface area contributed by atoms with E-state index < -0.39 is 5.91 Å². The number of hydrogen-bond acceptors (Lipinski definition) is 4. The summed E-state index contributed by atoms with van der Waals surface area (Å²) in [5.41, 5.74) is -0.0746. The Hall–Kier alpha value is -1.75. The molecule has 5 nitrogen and oxygen atoms in total. The summed E-state index contributed by atoms with van der Waals surface area (Å²) in [5, 5.41) is 22.0. The van der Waals surface area contributed by atoms with Crippen LogP contribution in [0.15, 0.2) is 18.2 Å². The zero-order valence-corrected chi connectivity index (χ0v) is 10.9. The largest absolute Gasteiger partial charge is 0.507 e. The van der Waals surface area contributed by atoms with Gasteiger partial charge in [-0.05, 0) is 25.0 Å². The second-order valence-corrected chi connectivity index (χ2v) is 4.75. The summed E-state index contributed by atoms with van der Waals surface area (Å²) >= 11 is 0. The molecule has 0 radical (unpaired) electrons. The van der Waals surface area contributed by atoms with Gasteiger partial charge in [-0.25, -0.2) is 0 Å². The van der Waals surface area contributed by atoms with E-state index in [4.69, 9.17) is 4.74 Å². The molecule has 0 bridgehead atoms. The van der Waals surface area contributed by atoms with E-state index in [2.05, 4.69) is 12.2 Å². The van der Waals surface area contributed by atoms with Crippen LogP contribution in [-0.4, -0.2) is 35.4 Å². The average molecular weight is 265 g/mol. The van der Waals surface area contributed by atoms with Crippen molar-refractivity contribution in [1.29, 1.82) is 0 Å². The highest BCUT2D eigenvalue weighted by Crippen LogP contribution is 2.27. The first-order chi connectivity index (χ1) is 9.13. The first kappa shape index (κ1) is 13.7. The minimum absolute atomic E-state index is 0.0746. The smallest absolute Gasteiger partial charge is 0.258 e. The van der Waals surface area contributed by atoms with Gasteiger partial charge in [0, 0.05) is 19.1 Å². The summed E-state index contributed by atoms with van der Waals surface area (Å²) in [6.45, 7) is 3.27. The summed E-state index contributed by atoms with van der Waals surface area (Å²) < 4.78 is 5.55. The Morgan fingerprint density at radius 1 is 1.42 bits per heavy atom. The van der Waals surface area contributed by atoms with Gasteiger partial charge in [0.15, 0.2) is 0 Å². The molecule has 1 fully saturated rings. The van der Waals surface area contributed by atoms with Crippen LogP contribution >= 0.6 is 0 Å². The van der Waals surface area contributed by atoms with Crippen molar-refractivity contribution in [1.82, 2.24) is 5.32 Å². The van der Waals surface area contributed by atoms with E-state index in [1.165, 1.54) is 18.2 Å². The third kappa shape index (κ3) is 2.98. The zero-order chi connectivity index (χ0) is 13.8. The monoisotopic (exact) mass is 265 g/mol. The lowest BCUT2D eigenvalue weighted by Crippen LogP contribution is -2.32. The number of carbonyl (C=O) groups excluding carboxylic acids is 1. The van der Waals surface area contributed by atoms with E-state index >= 15 is 0 Å². The molecule has 1 aromatic rings. The molecule has 104 valence electrons. The van der Waals surface area contributed by atoms with Crippen molar-refractivity contribution in [3.05, 3.63) is 23.8 Å². The molecule has 0 aromatic heterocycles. The number of benzene rings is 1. The van der Waals surface area contributed by atoms with Gasteiger partial charge in [0.05, 0.1) is 6.10 Å². The van der Waals surface area contributed by atoms with Crippen molar-refractivity contribution in [2.45, 2.75) is 25.9 Å². The number of carbonyl (C=O) groups is 1. The Kier molecular flexibility index (Phi) is 4.27. The number of phenols is 2. The molecule has 0 spiro atoms. The van der Waals surface area contributed by atoms with E-state index in [1.807, 2.05) is 0 Å². The molecule has 1 heterocycles. The Labute approximate surface area is 112 Å². The highest BCUT2D eigenvalue weighted by atomic mass is 16.5. The molecule has 1 aliphatic heterocycles. The molecular weight excluding hydrogens is 246 g/mol. The minimum atomic E-state index is -0.461. The fourth-order valence-electron chi connectivity index (χ4n) is 2.45. The maximum Gasteiger partial charge on any atom is 0.258 e. The van der Waals surface area contributed by atoms with E-state index in [-0.39, 0.29) is 23.2 Å². The standard InChI is InChI=1S/C14H19NO4/c1-2-12-9(6-7-19-12)8-15-14(18)13-10(16)4-3-5-11(13)17/h3-5,9,12,16-17H,2,6-8H2,1H3,(H,15,18). The van der Waals surface area contributed by atoms with Crippen molar-refractivity contribution in [3.8, 4) is 11.5 Å². The van der Waals surface area contributed by atoms with Crippen LogP contribution in [0.3, 0.4) is 0 Å². The number of hydrogen-bond donors (Lipinski definition) is 3. The van der Waals surface area contributed by atoms with Gasteiger partial charge in [-0.15, -0.1) is 0 Å². The second-order valence-electron chi connectivity index (χ2n) is 4.75. The average Bonchev–Trinajstić information content (AvgIpc) is 2.83. The molecule has 0 aliphatic carbocycles. The lowest BCUT2D eigenvalue weighted by atomic mass is 9.99. The maximum atomic E-state index is 12.0. The molecule has 2 unspecified atom stereocenters. The summed E-state index contributed by atoms with van der Waals surface area (Å²) in [5.74, 6) is -0.598. The van der Waals surface area contributed by atoms with Crippen LogP contribution < -0.4 is 5.32 Å². The lowest BCUT2D eigenvalue weighted by Gasteiger charge is -2.17. The molecule has 1 aliphatic rings. The van der Waals surface area contributed by atoms with E-state index in [9.17, 15) is 15.0 Å². The molecule has 3 N–H and O–H groups in total. The van der Waals surface area contributed by atoms with Gasteiger partial charge in [0.2, 0.25) is 0 Å². The maximum absolute atomic E-state index is 12.0. The van der Waals surface area contributed by atoms with Crippen LogP contribution in [0.5, 0.6) is 11.5 Å². The van der Waals surface area contributed by atoms with Crippen molar-refractivity contribution in [2.75, 3.05) is 13.2 Å². The van der Waals surface area contributed by atoms with Crippen molar-refractivity contribution < 1.29 is 19.7 Å². The summed E-state index contributed by atoms with van der Waals surface area (Å²) in [4.78, 5) is 12.0. The van der Waals surface area contributed by atoms with Crippen molar-refractivity contribution in [2.24, 2.45) is 5.92 Å². The molecule has 1 saturated heterocycles. The highest BCUT2D eigenvalue weighted by Gasteiger charge is 2.27. The quantitative estimate of drug-likeness (QED) is 0.773. The van der Waals surface area contributed by atoms with E-state index in [0.29, 0.717) is 12.5 Å². The fourth-order valence-corrected chi connectivity index (χ4v) is 2.45. The first-order valence-electron chi connectivity index (χ1n) is 6.54. The van der Waals surface area contributed by atoms with Crippen molar-refractivity contribution >= 4 is 5.91 Å². The molecule has 5 heteroatoms. The molecule has 1 aromatic carbocycles. The van der Waals surface area contributed by atoms with Crippen LogP contribution in [0.2, 0.25) is 0 Å². The minimum Gasteiger partial charge on any atom is -0.507 e. The summed E-state index contributed by atoms with van der Waals surface area (Å²) in [6, 6.07) is 4.24. The van der Waals surface area contributed by atoms with Crippen LogP contribution in [0.4, 0.5) is 0 Å². The van der Waals surface area contributed by atoms with Crippen LogP contribution in [-0.2, 0) is 4.74 Å². The third-order valence-electron chi connectivity index (χ3n) is 3.52. The van der Waals surface area contributed by atoms with E-state index in [1.54, 1.807) is 0 Å². The van der Waals surface area contributed by atoms with Gasteiger partial charge >= 0.3 is 0 Å². The topological polar surface area (TPSA) is 78.8 Å². The van der Waals surface area contributed by atoms with Gasteiger partial charge in [-0.2, -0.15) is 0 Å². The van der Waals surface area contributed by atoms with E-state index in [0.717, 1.165) is 19.4 Å². The third-order valence-corrected chi connectivity index (χ3v) is 3.52. The fraction of sp³-hybridized carbons (Fsp3) is 0.500. The summed E-state index contributed by atoms with van der Waals surface area (Å²) in [6.07, 6.45) is 2.02. The predicted molar refractivity (Wildman–Crippen MR) is 70.2 cm³/mol. The van der Waals surface area contributed by atoms with Crippen molar-refractivity contribution in [3.63, 3.8) is 0 Å². The number of phenolic OH excluding ortho intramolecular Hbond substituents is 2. The summed E-state index contributed by atoms with van der Waals surface area (Å²) in [7, 11) is 0. The molecule has 19 heavy (non-hydrogen) atoms. The van der Waals surface area contributed by atoms with Gasteiger partial charge in [0.25, 0.3) is 5.91 Å². The number of nitrogens with one attached hydrogen (secondary N) is 1. The molecule has 2 rings (SSSR count). The Bertz CT molecular complexity index is 441. The lowest BCUT2D eigenvalue weighted by molar-refractivity contribution is 0.0825. The highest BCUT2D eigenvalue weighted by molar-refractivity contribution is 5.99. The Morgan fingerprint density at radius 3 is 2.74 bits per heavy atom. The first-order valence-corrected chi connectivity index (χ1v) is 6.54. The Morgan fingerprint density at radius 2 is 2.11 bits per heavy atom. The van der Waals surface area contributed by atoms with Crippen LogP contribution in [0, 0.1) is 5.92 Å². The van der Waals surface area contributed by atoms with Gasteiger partial charge in [-0.3, -0.25) is 4.79 Å². The molecule has 0 saturated carbocycles.